The van der Waals surface area contributed by atoms with E-state index in [1.54, 1.807) is 49.3 Å². The van der Waals surface area contributed by atoms with E-state index in [0.717, 1.165) is 0 Å². The molecule has 1 aliphatic carbocycles. The average molecular weight is 626 g/mol. The van der Waals surface area contributed by atoms with Crippen LogP contribution in [0.1, 0.15) is 79.8 Å². The third kappa shape index (κ3) is 7.73. The van der Waals surface area contributed by atoms with E-state index in [4.69, 9.17) is 0 Å². The fraction of sp³-hybridized carbons (Fsp3) is 0.647. The van der Waals surface area contributed by atoms with Crippen molar-refractivity contribution in [1.29, 1.82) is 0 Å². The maximum absolute atomic E-state index is 13.8. The Morgan fingerprint density at radius 1 is 0.978 bits per heavy atom. The van der Waals surface area contributed by atoms with E-state index in [-0.39, 0.29) is 46.8 Å². The molecule has 2 fully saturated rings. The molecule has 3 rings (SSSR count). The lowest BCUT2D eigenvalue weighted by atomic mass is 9.81. The van der Waals surface area contributed by atoms with E-state index < -0.39 is 47.7 Å². The minimum Gasteiger partial charge on any atom is -0.347 e. The van der Waals surface area contributed by atoms with Crippen LogP contribution in [0, 0.1) is 28.6 Å². The number of benzene rings is 1. The number of rotatable bonds is 12. The lowest BCUT2D eigenvalue weighted by Crippen LogP contribution is -2.57. The smallest absolute Gasteiger partial charge is 0.290 e. The van der Waals surface area contributed by atoms with Gasteiger partial charge in [-0.25, -0.2) is 0 Å². The molecule has 7 atom stereocenters. The second kappa shape index (κ2) is 13.7. The number of ketones is 1. The molecule has 1 saturated carbocycles. The van der Waals surface area contributed by atoms with Gasteiger partial charge in [0.15, 0.2) is 0 Å². The van der Waals surface area contributed by atoms with Crippen LogP contribution in [0.15, 0.2) is 30.3 Å². The second-order valence-electron chi connectivity index (χ2n) is 14.5. The van der Waals surface area contributed by atoms with E-state index in [2.05, 4.69) is 29.8 Å². The number of likely N-dealkylation sites (N-methyl/N-ethyl adjacent to an activating group) is 1. The first-order chi connectivity index (χ1) is 20.8. The van der Waals surface area contributed by atoms with E-state index in [9.17, 15) is 28.8 Å². The summed E-state index contributed by atoms with van der Waals surface area (Å²) < 4.78 is 0. The number of hydrogen-bond acceptors (Lipinski definition) is 6. The van der Waals surface area contributed by atoms with Crippen molar-refractivity contribution < 1.29 is 28.8 Å². The Morgan fingerprint density at radius 3 is 2.11 bits per heavy atom. The van der Waals surface area contributed by atoms with Gasteiger partial charge in [-0.2, -0.15) is 0 Å². The summed E-state index contributed by atoms with van der Waals surface area (Å²) >= 11 is 0. The van der Waals surface area contributed by atoms with Crippen molar-refractivity contribution in [2.75, 3.05) is 20.6 Å². The molecule has 0 aromatic heterocycles. The number of carbonyl (C=O) groups is 6. The topological polar surface area (TPSA) is 145 Å². The summed E-state index contributed by atoms with van der Waals surface area (Å²) in [5, 5.41) is 7.89. The number of piperidine rings is 1. The average Bonchev–Trinajstić information content (AvgIpc) is 3.29. The Bertz CT molecular complexity index is 1300. The minimum absolute atomic E-state index is 0.0361. The van der Waals surface area contributed by atoms with Gasteiger partial charge in [-0.15, -0.1) is 0 Å². The normalized spacial score (nSPS) is 22.6. The lowest BCUT2D eigenvalue weighted by molar-refractivity contribution is -0.147. The standard InChI is InChI=1S/C34H51N5O6/c1-11-15-23(36-29(42)26-24-22(34(24,7)8)18-39(26)31(44)19(2)33(4,5)6)27(40)30(43)35-20(3)28(41)37-25(32(45)38(9)10)21-16-13-12-14-17-21/h12-14,16-17,19-20,22-26H,11,15,18H2,1-10H3,(H,35,43)(H,36,42)(H,37,41)/t19-,20+,22+,23?,24+,25+,26+/m1/s1. The highest BCUT2D eigenvalue weighted by Crippen LogP contribution is 2.65. The molecular weight excluding hydrogens is 574 g/mol. The zero-order valence-electron chi connectivity index (χ0n) is 28.4. The summed E-state index contributed by atoms with van der Waals surface area (Å²) in [6.07, 6.45) is 0.722. The van der Waals surface area contributed by atoms with Crippen LogP contribution in [-0.2, 0) is 28.8 Å². The third-order valence-corrected chi connectivity index (χ3v) is 9.71. The van der Waals surface area contributed by atoms with Crippen molar-refractivity contribution >= 4 is 35.3 Å². The van der Waals surface area contributed by atoms with Crippen molar-refractivity contribution in [2.45, 2.75) is 92.4 Å². The van der Waals surface area contributed by atoms with Crippen LogP contribution in [-0.4, -0.2) is 83.9 Å². The molecule has 1 aromatic carbocycles. The fourth-order valence-electron chi connectivity index (χ4n) is 6.20. The van der Waals surface area contributed by atoms with Crippen molar-refractivity contribution in [3.8, 4) is 0 Å². The largest absolute Gasteiger partial charge is 0.347 e. The number of Topliss-reactive ketones (excluding diaryl/α,β-unsaturated/α-hetero) is 1. The summed E-state index contributed by atoms with van der Waals surface area (Å²) in [4.78, 5) is 82.7. The second-order valence-corrected chi connectivity index (χ2v) is 14.5. The van der Waals surface area contributed by atoms with E-state index in [1.165, 1.54) is 11.8 Å². The van der Waals surface area contributed by atoms with Gasteiger partial charge < -0.3 is 25.8 Å². The van der Waals surface area contributed by atoms with Gasteiger partial charge in [0.25, 0.3) is 5.91 Å². The number of amides is 5. The Morgan fingerprint density at radius 2 is 1.58 bits per heavy atom. The number of hydrogen-bond donors (Lipinski definition) is 3. The Hall–Kier alpha value is -3.76. The van der Waals surface area contributed by atoms with Gasteiger partial charge in [0, 0.05) is 26.6 Å². The summed E-state index contributed by atoms with van der Waals surface area (Å²) in [5.41, 5.74) is 0.172. The summed E-state index contributed by atoms with van der Waals surface area (Å²) in [5.74, 6) is -3.59. The van der Waals surface area contributed by atoms with E-state index >= 15 is 0 Å². The predicted octanol–water partition coefficient (Wildman–Crippen LogP) is 2.46. The SMILES string of the molecule is CCCC(NC(=O)[C@@H]1[C@@H]2[C@H](CN1C(=O)[C@@H](C)C(C)(C)C)C2(C)C)C(=O)C(=O)N[C@@H](C)C(=O)N[C@H](C(=O)N(C)C)c1ccccc1. The number of fused-ring (bicyclic) bond motifs is 1. The summed E-state index contributed by atoms with van der Waals surface area (Å²) in [6, 6.07) is 4.74. The number of likely N-dealkylation sites (tertiary alicyclic amines) is 1. The first kappa shape index (κ1) is 35.7. The molecule has 5 amide bonds. The quantitative estimate of drug-likeness (QED) is 0.305. The minimum atomic E-state index is -1.14. The Labute approximate surface area is 267 Å². The molecule has 1 aliphatic heterocycles. The number of nitrogens with zero attached hydrogens (tertiary/aromatic N) is 2. The number of nitrogens with one attached hydrogen (secondary N) is 3. The van der Waals surface area contributed by atoms with Crippen LogP contribution >= 0.6 is 0 Å². The van der Waals surface area contributed by atoms with Crippen LogP contribution in [0.4, 0.5) is 0 Å². The molecule has 1 heterocycles. The highest BCUT2D eigenvalue weighted by Gasteiger charge is 2.69. The molecule has 1 aromatic rings. The molecule has 1 unspecified atom stereocenters. The monoisotopic (exact) mass is 625 g/mol. The van der Waals surface area contributed by atoms with Crippen molar-refractivity contribution in [2.24, 2.45) is 28.6 Å². The molecule has 0 bridgehead atoms. The van der Waals surface area contributed by atoms with Crippen LogP contribution in [0.5, 0.6) is 0 Å². The van der Waals surface area contributed by atoms with Crippen molar-refractivity contribution in [1.82, 2.24) is 25.8 Å². The van der Waals surface area contributed by atoms with Gasteiger partial charge in [-0.1, -0.05) is 85.2 Å². The zero-order valence-corrected chi connectivity index (χ0v) is 28.4. The van der Waals surface area contributed by atoms with Crippen molar-refractivity contribution in [3.63, 3.8) is 0 Å². The van der Waals surface area contributed by atoms with Gasteiger partial charge in [0.1, 0.15) is 18.1 Å². The van der Waals surface area contributed by atoms with Gasteiger partial charge >= 0.3 is 0 Å². The molecule has 3 N–H and O–H groups in total. The zero-order chi connectivity index (χ0) is 34.0. The van der Waals surface area contributed by atoms with E-state index in [1.807, 2.05) is 34.6 Å². The highest BCUT2D eigenvalue weighted by atomic mass is 16.2. The van der Waals surface area contributed by atoms with Crippen LogP contribution < -0.4 is 16.0 Å². The molecule has 0 radical (unpaired) electrons. The van der Waals surface area contributed by atoms with Crippen molar-refractivity contribution in [3.05, 3.63) is 35.9 Å². The van der Waals surface area contributed by atoms with Crippen LogP contribution in [0.3, 0.4) is 0 Å². The molecule has 11 nitrogen and oxygen atoms in total. The Balaban J connectivity index is 1.71. The fourth-order valence-corrected chi connectivity index (χ4v) is 6.20. The molecule has 0 spiro atoms. The van der Waals surface area contributed by atoms with Gasteiger partial charge in [-0.3, -0.25) is 28.8 Å². The molecule has 45 heavy (non-hydrogen) atoms. The van der Waals surface area contributed by atoms with Gasteiger partial charge in [-0.05, 0) is 41.6 Å². The predicted molar refractivity (Wildman–Crippen MR) is 170 cm³/mol. The van der Waals surface area contributed by atoms with Crippen LogP contribution in [0.2, 0.25) is 0 Å². The summed E-state index contributed by atoms with van der Waals surface area (Å²) in [6.45, 7) is 15.7. The molecule has 1 saturated heterocycles. The maximum atomic E-state index is 13.8. The molecule has 11 heteroatoms. The highest BCUT2D eigenvalue weighted by molar-refractivity contribution is 6.38. The molecule has 248 valence electrons. The summed E-state index contributed by atoms with van der Waals surface area (Å²) in [7, 11) is 3.15. The lowest BCUT2D eigenvalue weighted by Gasteiger charge is -2.36. The Kier molecular flexibility index (Phi) is 10.9. The number of carbonyl (C=O) groups excluding carboxylic acids is 6. The van der Waals surface area contributed by atoms with E-state index in [0.29, 0.717) is 18.5 Å². The first-order valence-corrected chi connectivity index (χ1v) is 15.9. The third-order valence-electron chi connectivity index (χ3n) is 9.71. The first-order valence-electron chi connectivity index (χ1n) is 15.9. The molecular formula is C34H51N5O6. The van der Waals surface area contributed by atoms with Gasteiger partial charge in [0.05, 0.1) is 6.04 Å². The van der Waals surface area contributed by atoms with Crippen LogP contribution in [0.25, 0.3) is 0 Å². The maximum Gasteiger partial charge on any atom is 0.290 e. The van der Waals surface area contributed by atoms with Gasteiger partial charge in [0.2, 0.25) is 29.4 Å². The molecule has 2 aliphatic rings.